The van der Waals surface area contributed by atoms with Gasteiger partial charge in [0, 0.05) is 4.48 Å². The highest BCUT2D eigenvalue weighted by atomic mass is 79.9. The van der Waals surface area contributed by atoms with Crippen LogP contribution in [-0.2, 0) is 4.84 Å². The lowest BCUT2D eigenvalue weighted by Crippen LogP contribution is -2.29. The molecule has 0 atom stereocenters. The summed E-state index contributed by atoms with van der Waals surface area (Å²) >= 11 is 3.21. The number of hydrogen-bond donors (Lipinski definition) is 1. The van der Waals surface area contributed by atoms with E-state index in [1.165, 1.54) is 0 Å². The molecule has 0 spiro atoms. The molecule has 60 valence electrons. The van der Waals surface area contributed by atoms with Crippen molar-refractivity contribution in [1.29, 1.82) is 0 Å². The molecule has 0 amide bonds. The summed E-state index contributed by atoms with van der Waals surface area (Å²) in [4.78, 5) is 5.20. The van der Waals surface area contributed by atoms with E-state index in [4.69, 9.17) is 4.84 Å². The summed E-state index contributed by atoms with van der Waals surface area (Å²) in [6.07, 6.45) is 0. The largest absolute Gasteiger partial charge is 0.296 e. The first-order chi connectivity index (χ1) is 4.42. The van der Waals surface area contributed by atoms with Gasteiger partial charge in [0.15, 0.2) is 0 Å². The van der Waals surface area contributed by atoms with Gasteiger partial charge in [-0.2, -0.15) is 5.48 Å². The lowest BCUT2D eigenvalue weighted by Gasteiger charge is -2.18. The topological polar surface area (TPSA) is 21.3 Å². The van der Waals surface area contributed by atoms with Gasteiger partial charge < -0.3 is 0 Å². The zero-order valence-corrected chi connectivity index (χ0v) is 8.29. The predicted molar refractivity (Wildman–Crippen MR) is 46.9 cm³/mol. The van der Waals surface area contributed by atoms with Gasteiger partial charge in [0.05, 0.1) is 12.1 Å². The van der Waals surface area contributed by atoms with Crippen molar-refractivity contribution >= 4 is 15.9 Å². The Kier molecular flexibility index (Phi) is 4.17. The van der Waals surface area contributed by atoms with Crippen LogP contribution in [0.2, 0.25) is 0 Å². The Bertz CT molecular complexity index is 117. The molecule has 0 aromatic rings. The molecule has 0 aromatic carbocycles. The molecule has 0 heterocycles. The number of nitrogens with one attached hydrogen (secondary N) is 1. The number of halogens is 1. The molecule has 0 aliphatic rings. The Morgan fingerprint density at radius 1 is 1.60 bits per heavy atom. The monoisotopic (exact) mass is 207 g/mol. The SMILES string of the molecule is C=C(Br)CNOC(C)(C)C. The predicted octanol–water partition coefficient (Wildman–Crippen LogP) is 2.21. The van der Waals surface area contributed by atoms with Crippen molar-refractivity contribution in [3.05, 3.63) is 11.1 Å². The van der Waals surface area contributed by atoms with E-state index in [1.54, 1.807) is 0 Å². The highest BCUT2D eigenvalue weighted by Gasteiger charge is 2.09. The van der Waals surface area contributed by atoms with E-state index in [0.29, 0.717) is 6.54 Å². The molecule has 0 saturated carbocycles. The molecule has 0 fully saturated rings. The zero-order chi connectivity index (χ0) is 8.20. The lowest BCUT2D eigenvalue weighted by atomic mass is 10.2. The fourth-order valence-electron chi connectivity index (χ4n) is 0.331. The van der Waals surface area contributed by atoms with Gasteiger partial charge in [-0.1, -0.05) is 22.5 Å². The van der Waals surface area contributed by atoms with Crippen molar-refractivity contribution in [1.82, 2.24) is 5.48 Å². The lowest BCUT2D eigenvalue weighted by molar-refractivity contribution is -0.0679. The van der Waals surface area contributed by atoms with Crippen LogP contribution in [0.1, 0.15) is 20.8 Å². The molecule has 0 aliphatic carbocycles. The molecular formula is C7H14BrNO. The first kappa shape index (κ1) is 10.1. The normalized spacial score (nSPS) is 11.6. The van der Waals surface area contributed by atoms with Gasteiger partial charge in [0.1, 0.15) is 0 Å². The summed E-state index contributed by atoms with van der Waals surface area (Å²) in [5.41, 5.74) is 2.64. The number of hydrogen-bond acceptors (Lipinski definition) is 2. The summed E-state index contributed by atoms with van der Waals surface area (Å²) in [5.74, 6) is 0. The molecular weight excluding hydrogens is 194 g/mol. The third-order valence-electron chi connectivity index (χ3n) is 0.642. The molecule has 10 heavy (non-hydrogen) atoms. The Morgan fingerprint density at radius 3 is 2.40 bits per heavy atom. The maximum atomic E-state index is 5.20. The average Bonchev–Trinajstić information content (AvgIpc) is 1.59. The minimum Gasteiger partial charge on any atom is -0.296 e. The Balaban J connectivity index is 3.29. The molecule has 0 saturated heterocycles. The molecule has 1 N–H and O–H groups in total. The van der Waals surface area contributed by atoms with Gasteiger partial charge in [-0.3, -0.25) is 4.84 Å². The Hall–Kier alpha value is 0.140. The first-order valence-electron chi connectivity index (χ1n) is 3.16. The van der Waals surface area contributed by atoms with Crippen LogP contribution in [0.4, 0.5) is 0 Å². The van der Waals surface area contributed by atoms with E-state index in [2.05, 4.69) is 28.0 Å². The van der Waals surface area contributed by atoms with Crippen LogP contribution in [0.5, 0.6) is 0 Å². The molecule has 0 aliphatic heterocycles. The van der Waals surface area contributed by atoms with Gasteiger partial charge in [-0.25, -0.2) is 0 Å². The molecule has 2 nitrogen and oxygen atoms in total. The maximum absolute atomic E-state index is 5.20. The van der Waals surface area contributed by atoms with Crippen LogP contribution >= 0.6 is 15.9 Å². The summed E-state index contributed by atoms with van der Waals surface area (Å²) in [5, 5.41) is 0. The van der Waals surface area contributed by atoms with Crippen molar-refractivity contribution in [3.8, 4) is 0 Å². The van der Waals surface area contributed by atoms with E-state index in [-0.39, 0.29) is 5.60 Å². The maximum Gasteiger partial charge on any atom is 0.0813 e. The fraction of sp³-hybridized carbons (Fsp3) is 0.714. The first-order valence-corrected chi connectivity index (χ1v) is 3.95. The minimum absolute atomic E-state index is 0.136. The van der Waals surface area contributed by atoms with Gasteiger partial charge in [-0.15, -0.1) is 0 Å². The van der Waals surface area contributed by atoms with E-state index in [1.807, 2.05) is 20.8 Å². The average molecular weight is 208 g/mol. The van der Waals surface area contributed by atoms with Crippen LogP contribution in [0.25, 0.3) is 0 Å². The summed E-state index contributed by atoms with van der Waals surface area (Å²) in [6, 6.07) is 0. The van der Waals surface area contributed by atoms with Gasteiger partial charge >= 0.3 is 0 Å². The van der Waals surface area contributed by atoms with Gasteiger partial charge in [0.25, 0.3) is 0 Å². The second-order valence-electron chi connectivity index (χ2n) is 3.05. The number of hydroxylamine groups is 1. The van der Waals surface area contributed by atoms with Crippen molar-refractivity contribution < 1.29 is 4.84 Å². The second kappa shape index (κ2) is 4.11. The van der Waals surface area contributed by atoms with E-state index in [0.717, 1.165) is 4.48 Å². The Labute approximate surface area is 70.7 Å². The van der Waals surface area contributed by atoms with Crippen LogP contribution in [0.15, 0.2) is 11.1 Å². The zero-order valence-electron chi connectivity index (χ0n) is 6.70. The standard InChI is InChI=1S/C7H14BrNO/c1-6(8)5-9-10-7(2,3)4/h9H,1,5H2,2-4H3. The number of rotatable bonds is 3. The van der Waals surface area contributed by atoms with E-state index >= 15 is 0 Å². The quantitative estimate of drug-likeness (QED) is 0.718. The molecule has 0 rings (SSSR count). The van der Waals surface area contributed by atoms with E-state index in [9.17, 15) is 0 Å². The van der Waals surface area contributed by atoms with Crippen molar-refractivity contribution in [2.75, 3.05) is 6.54 Å². The summed E-state index contributed by atoms with van der Waals surface area (Å²) < 4.78 is 0.886. The van der Waals surface area contributed by atoms with Gasteiger partial charge in [-0.05, 0) is 20.8 Å². The van der Waals surface area contributed by atoms with E-state index < -0.39 is 0 Å². The molecule has 0 unspecified atom stereocenters. The smallest absolute Gasteiger partial charge is 0.0813 e. The fourth-order valence-corrected chi connectivity index (χ4v) is 0.445. The highest BCUT2D eigenvalue weighted by molar-refractivity contribution is 9.11. The minimum atomic E-state index is -0.136. The van der Waals surface area contributed by atoms with Crippen molar-refractivity contribution in [2.24, 2.45) is 0 Å². The van der Waals surface area contributed by atoms with Crippen molar-refractivity contribution in [2.45, 2.75) is 26.4 Å². The molecule has 3 heteroatoms. The van der Waals surface area contributed by atoms with Gasteiger partial charge in [0.2, 0.25) is 0 Å². The van der Waals surface area contributed by atoms with Crippen LogP contribution in [0.3, 0.4) is 0 Å². The highest BCUT2D eigenvalue weighted by Crippen LogP contribution is 2.04. The summed E-state index contributed by atoms with van der Waals surface area (Å²) in [7, 11) is 0. The third kappa shape index (κ3) is 8.14. The second-order valence-corrected chi connectivity index (χ2v) is 4.17. The molecule has 0 bridgehead atoms. The molecule has 0 radical (unpaired) electrons. The molecule has 0 aromatic heterocycles. The van der Waals surface area contributed by atoms with Crippen LogP contribution in [0, 0.1) is 0 Å². The van der Waals surface area contributed by atoms with Crippen LogP contribution in [-0.4, -0.2) is 12.1 Å². The Morgan fingerprint density at radius 2 is 2.10 bits per heavy atom. The third-order valence-corrected chi connectivity index (χ3v) is 0.923. The van der Waals surface area contributed by atoms with Crippen molar-refractivity contribution in [3.63, 3.8) is 0 Å². The van der Waals surface area contributed by atoms with Crippen LogP contribution < -0.4 is 5.48 Å². The summed E-state index contributed by atoms with van der Waals surface area (Å²) in [6.45, 7) is 10.2.